The summed E-state index contributed by atoms with van der Waals surface area (Å²) in [6.07, 6.45) is 3.03. The molecule has 0 aromatic rings. The van der Waals surface area contributed by atoms with Crippen LogP contribution in [0.4, 0.5) is 0 Å². The molecule has 2 rings (SSSR count). The van der Waals surface area contributed by atoms with E-state index in [0.29, 0.717) is 17.9 Å². The minimum absolute atomic E-state index is 0.263. The maximum Gasteiger partial charge on any atom is 0.242 e. The van der Waals surface area contributed by atoms with Gasteiger partial charge in [0.25, 0.3) is 0 Å². The number of amides is 1. The van der Waals surface area contributed by atoms with Gasteiger partial charge in [0, 0.05) is 19.1 Å². The molecule has 1 N–H and O–H groups in total. The van der Waals surface area contributed by atoms with Crippen molar-refractivity contribution >= 4 is 5.91 Å². The molecule has 2 aliphatic heterocycles. The van der Waals surface area contributed by atoms with Crippen molar-refractivity contribution in [1.29, 1.82) is 0 Å². The topological polar surface area (TPSA) is 35.6 Å². The van der Waals surface area contributed by atoms with Crippen molar-refractivity contribution in [3.05, 3.63) is 0 Å². The van der Waals surface area contributed by atoms with Crippen LogP contribution in [0.1, 0.15) is 33.1 Å². The van der Waals surface area contributed by atoms with Gasteiger partial charge in [0.15, 0.2) is 0 Å². The van der Waals surface area contributed by atoms with E-state index in [2.05, 4.69) is 43.1 Å². The molecule has 4 heteroatoms. The first-order chi connectivity index (χ1) is 8.50. The number of hydrogen-bond acceptors (Lipinski definition) is 3. The summed E-state index contributed by atoms with van der Waals surface area (Å²) >= 11 is 0. The van der Waals surface area contributed by atoms with Gasteiger partial charge in [-0.15, -0.1) is 0 Å². The molecule has 2 fully saturated rings. The molecule has 1 amide bonds. The van der Waals surface area contributed by atoms with Gasteiger partial charge in [0.05, 0.1) is 5.54 Å². The van der Waals surface area contributed by atoms with Crippen molar-refractivity contribution in [2.24, 2.45) is 5.92 Å². The standard InChI is InChI=1S/C14H27N3O/c1-5-14(7-6-8-15-14)13(18)17-9-11(2)12(10-17)16(3)4/h11-12,15H,5-10H2,1-4H3. The van der Waals surface area contributed by atoms with Crippen LogP contribution >= 0.6 is 0 Å². The van der Waals surface area contributed by atoms with Gasteiger partial charge in [-0.2, -0.15) is 0 Å². The summed E-state index contributed by atoms with van der Waals surface area (Å²) in [5, 5.41) is 3.45. The van der Waals surface area contributed by atoms with E-state index in [1.165, 1.54) is 0 Å². The van der Waals surface area contributed by atoms with E-state index in [-0.39, 0.29) is 5.54 Å². The average Bonchev–Trinajstić information content (AvgIpc) is 2.95. The van der Waals surface area contributed by atoms with E-state index >= 15 is 0 Å². The molecule has 0 aliphatic carbocycles. The maximum absolute atomic E-state index is 12.8. The molecule has 0 radical (unpaired) electrons. The molecular formula is C14H27N3O. The van der Waals surface area contributed by atoms with Gasteiger partial charge in [0.1, 0.15) is 0 Å². The molecular weight excluding hydrogens is 226 g/mol. The third-order valence-electron chi connectivity index (χ3n) is 4.78. The van der Waals surface area contributed by atoms with Crippen LogP contribution in [0, 0.1) is 5.92 Å². The molecule has 0 spiro atoms. The number of nitrogens with one attached hydrogen (secondary N) is 1. The van der Waals surface area contributed by atoms with Crippen molar-refractivity contribution in [3.8, 4) is 0 Å². The summed E-state index contributed by atoms with van der Waals surface area (Å²) in [4.78, 5) is 17.1. The second kappa shape index (κ2) is 5.17. The van der Waals surface area contributed by atoms with Crippen LogP contribution in [0.15, 0.2) is 0 Å². The van der Waals surface area contributed by atoms with Crippen LogP contribution in [0.25, 0.3) is 0 Å². The van der Waals surface area contributed by atoms with Crippen LogP contribution in [0.3, 0.4) is 0 Å². The minimum Gasteiger partial charge on any atom is -0.339 e. The normalized spacial score (nSPS) is 36.6. The molecule has 0 aromatic carbocycles. The van der Waals surface area contributed by atoms with E-state index in [1.807, 2.05) is 0 Å². The Kier molecular flexibility index (Phi) is 3.97. The Balaban J connectivity index is 2.06. The second-order valence-electron chi connectivity index (χ2n) is 6.18. The lowest BCUT2D eigenvalue weighted by Gasteiger charge is -2.32. The zero-order valence-electron chi connectivity index (χ0n) is 12.2. The molecule has 3 atom stereocenters. The first-order valence-electron chi connectivity index (χ1n) is 7.21. The van der Waals surface area contributed by atoms with Gasteiger partial charge < -0.3 is 15.1 Å². The Labute approximate surface area is 111 Å². The lowest BCUT2D eigenvalue weighted by atomic mass is 9.92. The van der Waals surface area contributed by atoms with Gasteiger partial charge >= 0.3 is 0 Å². The van der Waals surface area contributed by atoms with Crippen LogP contribution < -0.4 is 5.32 Å². The van der Waals surface area contributed by atoms with Gasteiger partial charge in [-0.05, 0) is 45.8 Å². The Morgan fingerprint density at radius 2 is 2.17 bits per heavy atom. The lowest BCUT2D eigenvalue weighted by molar-refractivity contribution is -0.137. The fraction of sp³-hybridized carbons (Fsp3) is 0.929. The summed E-state index contributed by atoms with van der Waals surface area (Å²) in [5.74, 6) is 0.901. The fourth-order valence-electron chi connectivity index (χ4n) is 3.53. The quantitative estimate of drug-likeness (QED) is 0.812. The fourth-order valence-corrected chi connectivity index (χ4v) is 3.53. The molecule has 0 bridgehead atoms. The summed E-state index contributed by atoms with van der Waals surface area (Å²) in [7, 11) is 4.22. The number of hydrogen-bond donors (Lipinski definition) is 1. The Morgan fingerprint density at radius 1 is 1.44 bits per heavy atom. The highest BCUT2D eigenvalue weighted by Gasteiger charge is 2.45. The Bertz CT molecular complexity index is 310. The zero-order chi connectivity index (χ0) is 13.3. The predicted octanol–water partition coefficient (Wildman–Crippen LogP) is 0.927. The van der Waals surface area contributed by atoms with Crippen LogP contribution in [-0.4, -0.2) is 61.0 Å². The van der Waals surface area contributed by atoms with Crippen LogP contribution in [0.5, 0.6) is 0 Å². The summed E-state index contributed by atoms with van der Waals surface area (Å²) in [6.45, 7) is 7.15. The van der Waals surface area contributed by atoms with Crippen LogP contribution in [0.2, 0.25) is 0 Å². The Morgan fingerprint density at radius 3 is 2.61 bits per heavy atom. The average molecular weight is 253 g/mol. The third-order valence-corrected chi connectivity index (χ3v) is 4.78. The highest BCUT2D eigenvalue weighted by atomic mass is 16.2. The van der Waals surface area contributed by atoms with Gasteiger partial charge in [0.2, 0.25) is 5.91 Å². The predicted molar refractivity (Wildman–Crippen MR) is 73.5 cm³/mol. The minimum atomic E-state index is -0.263. The molecule has 4 nitrogen and oxygen atoms in total. The lowest BCUT2D eigenvalue weighted by Crippen LogP contribution is -2.54. The van der Waals surface area contributed by atoms with E-state index in [1.54, 1.807) is 0 Å². The highest BCUT2D eigenvalue weighted by molar-refractivity contribution is 5.87. The molecule has 104 valence electrons. The summed E-state index contributed by atoms with van der Waals surface area (Å²) in [5.41, 5.74) is -0.263. The number of likely N-dealkylation sites (tertiary alicyclic amines) is 1. The van der Waals surface area contributed by atoms with E-state index in [4.69, 9.17) is 0 Å². The van der Waals surface area contributed by atoms with Crippen molar-refractivity contribution in [2.75, 3.05) is 33.7 Å². The number of likely N-dealkylation sites (N-methyl/N-ethyl adjacent to an activating group) is 1. The molecule has 2 saturated heterocycles. The maximum atomic E-state index is 12.8. The highest BCUT2D eigenvalue weighted by Crippen LogP contribution is 2.29. The van der Waals surface area contributed by atoms with Crippen molar-refractivity contribution in [1.82, 2.24) is 15.1 Å². The number of rotatable bonds is 3. The molecule has 18 heavy (non-hydrogen) atoms. The Hall–Kier alpha value is -0.610. The largest absolute Gasteiger partial charge is 0.339 e. The molecule has 3 unspecified atom stereocenters. The van der Waals surface area contributed by atoms with E-state index < -0.39 is 0 Å². The second-order valence-corrected chi connectivity index (χ2v) is 6.18. The zero-order valence-corrected chi connectivity index (χ0v) is 12.2. The van der Waals surface area contributed by atoms with E-state index in [9.17, 15) is 4.79 Å². The van der Waals surface area contributed by atoms with Gasteiger partial charge in [-0.3, -0.25) is 4.79 Å². The van der Waals surface area contributed by atoms with Crippen LogP contribution in [-0.2, 0) is 4.79 Å². The van der Waals surface area contributed by atoms with Crippen molar-refractivity contribution in [2.45, 2.75) is 44.7 Å². The first-order valence-corrected chi connectivity index (χ1v) is 7.21. The summed E-state index contributed by atoms with van der Waals surface area (Å²) < 4.78 is 0. The van der Waals surface area contributed by atoms with Crippen molar-refractivity contribution < 1.29 is 4.79 Å². The number of carbonyl (C=O) groups is 1. The SMILES string of the molecule is CCC1(C(=O)N2CC(C)C(N(C)C)C2)CCCN1. The summed E-state index contributed by atoms with van der Waals surface area (Å²) in [6, 6.07) is 0.504. The van der Waals surface area contributed by atoms with Gasteiger partial charge in [-0.1, -0.05) is 13.8 Å². The van der Waals surface area contributed by atoms with Gasteiger partial charge in [-0.25, -0.2) is 0 Å². The monoisotopic (exact) mass is 253 g/mol. The molecule has 0 saturated carbocycles. The number of carbonyl (C=O) groups excluding carboxylic acids is 1. The smallest absolute Gasteiger partial charge is 0.242 e. The van der Waals surface area contributed by atoms with E-state index in [0.717, 1.165) is 38.9 Å². The molecule has 2 aliphatic rings. The molecule has 2 heterocycles. The number of nitrogens with zero attached hydrogens (tertiary/aromatic N) is 2. The molecule has 0 aromatic heterocycles. The first kappa shape index (κ1) is 13.8. The van der Waals surface area contributed by atoms with Crippen molar-refractivity contribution in [3.63, 3.8) is 0 Å². The third kappa shape index (κ3) is 2.28.